The van der Waals surface area contributed by atoms with E-state index in [1.807, 2.05) is 0 Å². The van der Waals surface area contributed by atoms with Crippen molar-refractivity contribution in [1.82, 2.24) is 16.0 Å². The van der Waals surface area contributed by atoms with Crippen LogP contribution in [0.1, 0.15) is 39.0 Å². The largest absolute Gasteiger partial charge is 0.480 e. The number of carboxylic acids is 1. The van der Waals surface area contributed by atoms with E-state index in [0.717, 1.165) is 0 Å². The summed E-state index contributed by atoms with van der Waals surface area (Å²) < 4.78 is 0. The lowest BCUT2D eigenvalue weighted by molar-refractivity contribution is -0.143. The number of aliphatic hydroxyl groups is 1. The van der Waals surface area contributed by atoms with Crippen molar-refractivity contribution < 1.29 is 34.2 Å². The Morgan fingerprint density at radius 2 is 1.50 bits per heavy atom. The number of aliphatic hydroxyl groups excluding tert-OH is 1. The zero-order valence-electron chi connectivity index (χ0n) is 16.9. The fourth-order valence-corrected chi connectivity index (χ4v) is 2.34. The minimum Gasteiger partial charge on any atom is -0.480 e. The van der Waals surface area contributed by atoms with Crippen LogP contribution < -0.4 is 33.2 Å². The second-order valence-electron chi connectivity index (χ2n) is 6.77. The maximum absolute atomic E-state index is 12.5. The number of hydrogen-bond donors (Lipinski definition) is 8. The fourth-order valence-electron chi connectivity index (χ4n) is 2.34. The van der Waals surface area contributed by atoms with Gasteiger partial charge in [0.15, 0.2) is 0 Å². The number of nitrogens with two attached hydrogens (primary N) is 3. The molecule has 0 saturated heterocycles. The highest BCUT2D eigenvalue weighted by atomic mass is 16.4. The average molecular weight is 432 g/mol. The lowest BCUT2D eigenvalue weighted by Gasteiger charge is -2.23. The van der Waals surface area contributed by atoms with Crippen LogP contribution in [0, 0.1) is 0 Å². The van der Waals surface area contributed by atoms with Crippen molar-refractivity contribution in [2.24, 2.45) is 17.2 Å². The Labute approximate surface area is 174 Å². The highest BCUT2D eigenvalue weighted by Gasteiger charge is 2.28. The van der Waals surface area contributed by atoms with Gasteiger partial charge in [-0.1, -0.05) is 6.42 Å². The predicted octanol–water partition coefficient (Wildman–Crippen LogP) is -3.74. The summed E-state index contributed by atoms with van der Waals surface area (Å²) in [6.07, 6.45) is 1.34. The Kier molecular flexibility index (Phi) is 12.9. The van der Waals surface area contributed by atoms with E-state index in [9.17, 15) is 24.0 Å². The number of unbranched alkanes of at least 4 members (excludes halogenated alkanes) is 1. The van der Waals surface area contributed by atoms with Crippen molar-refractivity contribution >= 4 is 29.6 Å². The smallest absolute Gasteiger partial charge is 0.328 e. The lowest BCUT2D eigenvalue weighted by Crippen LogP contribution is -2.56. The van der Waals surface area contributed by atoms with Crippen LogP contribution in [0.5, 0.6) is 0 Å². The highest BCUT2D eigenvalue weighted by Crippen LogP contribution is 2.03. The first-order valence-corrected chi connectivity index (χ1v) is 9.52. The normalized spacial score (nSPS) is 14.7. The SMILES string of the molecule is CC(NC(=O)C(CCC(N)=O)NC(=O)C(N)CCCCN)C(=O)NC(CO)C(=O)O. The van der Waals surface area contributed by atoms with Gasteiger partial charge in [-0.25, -0.2) is 4.79 Å². The van der Waals surface area contributed by atoms with Crippen molar-refractivity contribution in [3.05, 3.63) is 0 Å². The van der Waals surface area contributed by atoms with Gasteiger partial charge in [-0.15, -0.1) is 0 Å². The van der Waals surface area contributed by atoms with Gasteiger partial charge in [0.2, 0.25) is 23.6 Å². The molecule has 0 fully saturated rings. The molecule has 0 aromatic carbocycles. The molecule has 0 aromatic heterocycles. The van der Waals surface area contributed by atoms with Crippen LogP contribution >= 0.6 is 0 Å². The molecule has 0 rings (SSSR count). The standard InChI is InChI=1S/C17H32N6O7/c1-9(14(26)23-12(8-24)17(29)30)21-16(28)11(5-6-13(20)25)22-15(27)10(19)4-2-3-7-18/h9-12,24H,2-8,18-19H2,1H3,(H2,20,25)(H,21,28)(H,22,27)(H,23,26)(H,29,30). The van der Waals surface area contributed by atoms with Gasteiger partial charge in [-0.3, -0.25) is 19.2 Å². The maximum Gasteiger partial charge on any atom is 0.328 e. The van der Waals surface area contributed by atoms with Gasteiger partial charge in [0.05, 0.1) is 12.6 Å². The van der Waals surface area contributed by atoms with Crippen LogP contribution in [0.2, 0.25) is 0 Å². The van der Waals surface area contributed by atoms with Gasteiger partial charge in [0.25, 0.3) is 0 Å². The molecule has 0 heterocycles. The van der Waals surface area contributed by atoms with Gasteiger partial charge in [-0.2, -0.15) is 0 Å². The van der Waals surface area contributed by atoms with Crippen molar-refractivity contribution in [3.8, 4) is 0 Å². The van der Waals surface area contributed by atoms with Crippen LogP contribution in [-0.2, 0) is 24.0 Å². The minimum atomic E-state index is -1.53. The second kappa shape index (κ2) is 14.3. The molecule has 0 aromatic rings. The third-order valence-corrected chi connectivity index (χ3v) is 4.17. The molecule has 13 heteroatoms. The number of aliphatic carboxylic acids is 1. The van der Waals surface area contributed by atoms with Crippen LogP contribution in [-0.4, -0.2) is 77.1 Å². The Morgan fingerprint density at radius 3 is 2.00 bits per heavy atom. The molecule has 0 aliphatic carbocycles. The molecule has 13 nitrogen and oxygen atoms in total. The lowest BCUT2D eigenvalue weighted by atomic mass is 10.1. The van der Waals surface area contributed by atoms with Crippen LogP contribution in [0.25, 0.3) is 0 Å². The number of amides is 4. The van der Waals surface area contributed by atoms with Crippen molar-refractivity contribution in [1.29, 1.82) is 0 Å². The average Bonchev–Trinajstić information content (AvgIpc) is 2.68. The molecule has 0 aliphatic heterocycles. The summed E-state index contributed by atoms with van der Waals surface area (Å²) >= 11 is 0. The molecule has 0 radical (unpaired) electrons. The highest BCUT2D eigenvalue weighted by molar-refractivity contribution is 5.94. The maximum atomic E-state index is 12.5. The summed E-state index contributed by atoms with van der Waals surface area (Å²) in [7, 11) is 0. The molecule has 0 spiro atoms. The first-order chi connectivity index (χ1) is 14.0. The molecule has 4 amide bonds. The van der Waals surface area contributed by atoms with E-state index < -0.39 is 60.4 Å². The number of primary amides is 1. The summed E-state index contributed by atoms with van der Waals surface area (Å²) in [5, 5.41) is 24.6. The van der Waals surface area contributed by atoms with Crippen LogP contribution in [0.4, 0.5) is 0 Å². The number of rotatable bonds is 15. The molecule has 0 saturated carbocycles. The van der Waals surface area contributed by atoms with Crippen LogP contribution in [0.3, 0.4) is 0 Å². The Morgan fingerprint density at radius 1 is 0.900 bits per heavy atom. The van der Waals surface area contributed by atoms with Crippen molar-refractivity contribution in [2.45, 2.75) is 63.2 Å². The molecular formula is C17H32N6O7. The molecular weight excluding hydrogens is 400 g/mol. The third kappa shape index (κ3) is 10.7. The third-order valence-electron chi connectivity index (χ3n) is 4.17. The monoisotopic (exact) mass is 432 g/mol. The molecule has 4 atom stereocenters. The predicted molar refractivity (Wildman–Crippen MR) is 105 cm³/mol. The molecule has 0 aliphatic rings. The van der Waals surface area contributed by atoms with E-state index in [1.165, 1.54) is 6.92 Å². The molecule has 11 N–H and O–H groups in total. The molecule has 30 heavy (non-hydrogen) atoms. The molecule has 172 valence electrons. The number of nitrogens with one attached hydrogen (secondary N) is 3. The zero-order chi connectivity index (χ0) is 23.3. The first-order valence-electron chi connectivity index (χ1n) is 9.52. The number of carbonyl (C=O) groups excluding carboxylic acids is 4. The van der Waals surface area contributed by atoms with Gasteiger partial charge in [-0.05, 0) is 32.7 Å². The van der Waals surface area contributed by atoms with Gasteiger partial charge in [0, 0.05) is 6.42 Å². The topological polar surface area (TPSA) is 240 Å². The Balaban J connectivity index is 4.99. The van der Waals surface area contributed by atoms with E-state index in [-0.39, 0.29) is 12.8 Å². The van der Waals surface area contributed by atoms with Gasteiger partial charge in [0.1, 0.15) is 18.1 Å². The van der Waals surface area contributed by atoms with Crippen molar-refractivity contribution in [2.75, 3.05) is 13.2 Å². The summed E-state index contributed by atoms with van der Waals surface area (Å²) in [6, 6.07) is -4.79. The fraction of sp³-hybridized carbons (Fsp3) is 0.706. The van der Waals surface area contributed by atoms with E-state index in [0.29, 0.717) is 25.8 Å². The Bertz CT molecular complexity index is 615. The van der Waals surface area contributed by atoms with Crippen molar-refractivity contribution in [3.63, 3.8) is 0 Å². The molecule has 0 bridgehead atoms. The second-order valence-corrected chi connectivity index (χ2v) is 6.77. The number of carboxylic acid groups (broad SMARTS) is 1. The first kappa shape index (κ1) is 27.2. The zero-order valence-corrected chi connectivity index (χ0v) is 16.9. The summed E-state index contributed by atoms with van der Waals surface area (Å²) in [5.74, 6) is -4.38. The quantitative estimate of drug-likeness (QED) is 0.118. The van der Waals surface area contributed by atoms with Crippen LogP contribution in [0.15, 0.2) is 0 Å². The number of hydrogen-bond acceptors (Lipinski definition) is 8. The van der Waals surface area contributed by atoms with Gasteiger partial charge < -0.3 is 43.4 Å². The summed E-state index contributed by atoms with van der Waals surface area (Å²) in [4.78, 5) is 58.7. The minimum absolute atomic E-state index is 0.120. The van der Waals surface area contributed by atoms with E-state index in [1.54, 1.807) is 0 Å². The summed E-state index contributed by atoms with van der Waals surface area (Å²) in [5.41, 5.74) is 16.3. The van der Waals surface area contributed by atoms with Gasteiger partial charge >= 0.3 is 5.97 Å². The van der Waals surface area contributed by atoms with E-state index in [4.69, 9.17) is 27.4 Å². The van der Waals surface area contributed by atoms with E-state index in [2.05, 4.69) is 16.0 Å². The summed E-state index contributed by atoms with van der Waals surface area (Å²) in [6.45, 7) is 0.910. The molecule has 4 unspecified atom stereocenters. The number of carbonyl (C=O) groups is 5. The van der Waals surface area contributed by atoms with E-state index >= 15 is 0 Å². The Hall–Kier alpha value is -2.77.